The monoisotopic (exact) mass is 448 g/mol. The molecule has 0 saturated carbocycles. The predicted octanol–water partition coefficient (Wildman–Crippen LogP) is 3.13. The van der Waals surface area contributed by atoms with Gasteiger partial charge in [-0.15, -0.1) is 10.2 Å². The number of aromatic hydroxyl groups is 1. The molecular weight excluding hydrogens is 423 g/mol. The lowest BCUT2D eigenvalue weighted by Crippen LogP contribution is -2.63. The van der Waals surface area contributed by atoms with E-state index in [1.165, 1.54) is 0 Å². The lowest BCUT2D eigenvalue weighted by Gasteiger charge is -2.47. The van der Waals surface area contributed by atoms with Gasteiger partial charge >= 0.3 is 0 Å². The van der Waals surface area contributed by atoms with Crippen molar-refractivity contribution in [2.75, 3.05) is 18.1 Å². The summed E-state index contributed by atoms with van der Waals surface area (Å²) in [6.07, 6.45) is 4.45. The van der Waals surface area contributed by atoms with Crippen LogP contribution >= 0.6 is 0 Å². The number of alkyl halides is 1. The Balaban J connectivity index is 1.30. The number of benzene rings is 1. The molecule has 9 heteroatoms. The van der Waals surface area contributed by atoms with Gasteiger partial charge < -0.3 is 20.1 Å². The summed E-state index contributed by atoms with van der Waals surface area (Å²) in [5.41, 5.74) is 2.46. The maximum absolute atomic E-state index is 15.3. The summed E-state index contributed by atoms with van der Waals surface area (Å²) < 4.78 is 21.2. The number of ether oxygens (including phenoxy) is 1. The van der Waals surface area contributed by atoms with Crippen molar-refractivity contribution in [3.05, 3.63) is 42.6 Å². The minimum Gasteiger partial charge on any atom is -0.507 e. The Bertz CT molecular complexity index is 1160. The molecule has 0 amide bonds. The molecule has 2 N–H and O–H groups in total. The van der Waals surface area contributed by atoms with Gasteiger partial charge in [-0.25, -0.2) is 4.39 Å². The van der Waals surface area contributed by atoms with Crippen molar-refractivity contribution in [1.29, 1.82) is 0 Å². The van der Waals surface area contributed by atoms with Gasteiger partial charge in [0.15, 0.2) is 11.6 Å². The fourth-order valence-corrected chi connectivity index (χ4v) is 5.33. The minimum absolute atomic E-state index is 0.0649. The van der Waals surface area contributed by atoms with Crippen LogP contribution in [0, 0.1) is 0 Å². The van der Waals surface area contributed by atoms with Crippen LogP contribution in [-0.4, -0.2) is 63.0 Å². The first kappa shape index (κ1) is 20.3. The van der Waals surface area contributed by atoms with Gasteiger partial charge in [-0.2, -0.15) is 10.2 Å². The molecule has 0 spiro atoms. The number of piperidine rings is 2. The molecule has 33 heavy (non-hydrogen) atoms. The lowest BCUT2D eigenvalue weighted by atomic mass is 9.82. The SMILES string of the molecule is Oc1cc(-c2cccnn2)ccc1-c1cc2c(nn1)N([C@@H]1C[C@H]3CCCC(N3)[C@@H]1F)CCO2. The zero-order chi connectivity index (χ0) is 22.4. The van der Waals surface area contributed by atoms with Gasteiger partial charge in [-0.05, 0) is 43.5 Å². The van der Waals surface area contributed by atoms with Crippen molar-refractivity contribution in [2.24, 2.45) is 0 Å². The summed E-state index contributed by atoms with van der Waals surface area (Å²) in [5.74, 6) is 1.21. The maximum Gasteiger partial charge on any atom is 0.194 e. The number of hydrogen-bond acceptors (Lipinski definition) is 8. The highest BCUT2D eigenvalue weighted by atomic mass is 19.1. The fraction of sp³-hybridized carbons (Fsp3) is 0.417. The number of fused-ring (bicyclic) bond motifs is 3. The van der Waals surface area contributed by atoms with Crippen LogP contribution in [0.4, 0.5) is 10.2 Å². The Kier molecular flexibility index (Phi) is 5.05. The molecular formula is C24H25FN6O2. The van der Waals surface area contributed by atoms with E-state index in [0.717, 1.165) is 31.2 Å². The molecule has 2 saturated heterocycles. The van der Waals surface area contributed by atoms with Gasteiger partial charge in [0.1, 0.15) is 24.2 Å². The Morgan fingerprint density at radius 3 is 2.88 bits per heavy atom. The highest BCUT2D eigenvalue weighted by Crippen LogP contribution is 2.40. The molecule has 1 unspecified atom stereocenters. The molecule has 5 heterocycles. The molecule has 1 aromatic carbocycles. The van der Waals surface area contributed by atoms with E-state index in [0.29, 0.717) is 47.7 Å². The van der Waals surface area contributed by atoms with Crippen LogP contribution in [0.5, 0.6) is 11.5 Å². The largest absolute Gasteiger partial charge is 0.507 e. The van der Waals surface area contributed by atoms with E-state index in [4.69, 9.17) is 4.74 Å². The molecule has 2 bridgehead atoms. The smallest absolute Gasteiger partial charge is 0.194 e. The van der Waals surface area contributed by atoms with E-state index >= 15 is 4.39 Å². The number of nitrogens with zero attached hydrogens (tertiary/aromatic N) is 5. The van der Waals surface area contributed by atoms with E-state index < -0.39 is 6.17 Å². The van der Waals surface area contributed by atoms with Crippen LogP contribution in [0.1, 0.15) is 25.7 Å². The molecule has 3 aromatic rings. The third kappa shape index (κ3) is 3.66. The Labute approximate surface area is 190 Å². The number of rotatable bonds is 3. The number of anilines is 1. The molecule has 3 aliphatic heterocycles. The van der Waals surface area contributed by atoms with Crippen LogP contribution in [0.3, 0.4) is 0 Å². The summed E-state index contributed by atoms with van der Waals surface area (Å²) in [6, 6.07) is 10.7. The Morgan fingerprint density at radius 1 is 1.09 bits per heavy atom. The van der Waals surface area contributed by atoms with Crippen molar-refractivity contribution >= 4 is 5.82 Å². The van der Waals surface area contributed by atoms with E-state index in [-0.39, 0.29) is 17.8 Å². The van der Waals surface area contributed by atoms with Crippen LogP contribution in [-0.2, 0) is 0 Å². The van der Waals surface area contributed by atoms with Crippen LogP contribution in [0.25, 0.3) is 22.5 Å². The second-order valence-electron chi connectivity index (χ2n) is 8.95. The summed E-state index contributed by atoms with van der Waals surface area (Å²) >= 11 is 0. The van der Waals surface area contributed by atoms with Gasteiger partial charge in [0.2, 0.25) is 0 Å². The molecule has 3 aliphatic rings. The number of aromatic nitrogens is 4. The Morgan fingerprint density at radius 2 is 2.03 bits per heavy atom. The number of halogens is 1. The van der Waals surface area contributed by atoms with Gasteiger partial charge in [-0.3, -0.25) is 0 Å². The molecule has 4 atom stereocenters. The highest BCUT2D eigenvalue weighted by molar-refractivity contribution is 5.74. The average Bonchev–Trinajstić information content (AvgIpc) is 2.86. The summed E-state index contributed by atoms with van der Waals surface area (Å²) in [4.78, 5) is 2.03. The number of phenolic OH excluding ortho intramolecular Hbond substituents is 1. The summed E-state index contributed by atoms with van der Waals surface area (Å²) in [7, 11) is 0. The van der Waals surface area contributed by atoms with Gasteiger partial charge in [0.05, 0.1) is 18.3 Å². The first-order valence-corrected chi connectivity index (χ1v) is 11.5. The molecule has 2 fully saturated rings. The van der Waals surface area contributed by atoms with Crippen LogP contribution < -0.4 is 15.0 Å². The predicted molar refractivity (Wildman–Crippen MR) is 121 cm³/mol. The molecule has 8 nitrogen and oxygen atoms in total. The second kappa shape index (κ2) is 8.22. The van der Waals surface area contributed by atoms with E-state index in [9.17, 15) is 5.11 Å². The van der Waals surface area contributed by atoms with Gasteiger partial charge in [-0.1, -0.05) is 12.5 Å². The molecule has 2 aromatic heterocycles. The zero-order valence-corrected chi connectivity index (χ0v) is 18.1. The van der Waals surface area contributed by atoms with E-state index in [1.54, 1.807) is 30.5 Å². The quantitative estimate of drug-likeness (QED) is 0.631. The number of hydrogen-bond donors (Lipinski definition) is 2. The zero-order valence-electron chi connectivity index (χ0n) is 18.1. The van der Waals surface area contributed by atoms with Crippen LogP contribution in [0.15, 0.2) is 42.6 Å². The lowest BCUT2D eigenvalue weighted by molar-refractivity contribution is 0.100. The number of phenols is 1. The third-order valence-electron chi connectivity index (χ3n) is 6.94. The van der Waals surface area contributed by atoms with Crippen molar-refractivity contribution in [1.82, 2.24) is 25.7 Å². The number of nitrogens with one attached hydrogen (secondary N) is 1. The topological polar surface area (TPSA) is 96.3 Å². The standard InChI is InChI=1S/C24H25FN6O2/c25-23-18-4-1-3-15(27-18)12-20(23)31-9-10-33-22-13-19(29-30-24(22)31)16-7-6-14(11-21(16)32)17-5-2-8-26-28-17/h2,5-8,11,13,15,18,20,23,27,32H,1,3-4,9-10,12H2/t15-,18?,20-,23+/m1/s1. The van der Waals surface area contributed by atoms with Crippen molar-refractivity contribution in [2.45, 2.75) is 50.0 Å². The molecule has 0 aliphatic carbocycles. The van der Waals surface area contributed by atoms with E-state index in [1.807, 2.05) is 17.0 Å². The second-order valence-corrected chi connectivity index (χ2v) is 8.95. The third-order valence-corrected chi connectivity index (χ3v) is 6.94. The van der Waals surface area contributed by atoms with Gasteiger partial charge in [0, 0.05) is 35.5 Å². The van der Waals surface area contributed by atoms with Crippen molar-refractivity contribution < 1.29 is 14.2 Å². The highest BCUT2D eigenvalue weighted by Gasteiger charge is 2.44. The normalized spacial score (nSPS) is 26.4. The molecule has 0 radical (unpaired) electrons. The first-order valence-electron chi connectivity index (χ1n) is 11.5. The molecule has 6 rings (SSSR count). The molecule has 170 valence electrons. The maximum atomic E-state index is 15.3. The minimum atomic E-state index is -0.952. The van der Waals surface area contributed by atoms with Crippen molar-refractivity contribution in [3.8, 4) is 34.0 Å². The Hall–Kier alpha value is -3.33. The van der Waals surface area contributed by atoms with Crippen molar-refractivity contribution in [3.63, 3.8) is 0 Å². The van der Waals surface area contributed by atoms with E-state index in [2.05, 4.69) is 25.7 Å². The van der Waals surface area contributed by atoms with Gasteiger partial charge in [0.25, 0.3) is 0 Å². The summed E-state index contributed by atoms with van der Waals surface area (Å²) in [5, 5.41) is 30.9. The van der Waals surface area contributed by atoms with Crippen LogP contribution in [0.2, 0.25) is 0 Å². The fourth-order valence-electron chi connectivity index (χ4n) is 5.33. The first-order chi connectivity index (χ1) is 16.2. The average molecular weight is 449 g/mol. The summed E-state index contributed by atoms with van der Waals surface area (Å²) in [6.45, 7) is 1.05.